The van der Waals surface area contributed by atoms with E-state index in [0.717, 1.165) is 11.1 Å². The molecular formula is C17H19NO4. The van der Waals surface area contributed by atoms with Crippen molar-refractivity contribution < 1.29 is 19.7 Å². The molecule has 0 amide bonds. The van der Waals surface area contributed by atoms with Gasteiger partial charge in [0.05, 0.1) is 18.7 Å². The number of nitrogens with two attached hydrogens (primary N) is 1. The lowest BCUT2D eigenvalue weighted by Gasteiger charge is -2.15. The maximum absolute atomic E-state index is 11.6. The number of aromatic hydroxyl groups is 1. The number of methoxy groups -OCH3 is 1. The van der Waals surface area contributed by atoms with Gasteiger partial charge in [0, 0.05) is 0 Å². The molecule has 2 aromatic rings. The first-order chi connectivity index (χ1) is 10.4. The van der Waals surface area contributed by atoms with Gasteiger partial charge in [-0.1, -0.05) is 29.8 Å². The van der Waals surface area contributed by atoms with Gasteiger partial charge >= 0.3 is 5.97 Å². The molecule has 0 spiro atoms. The zero-order chi connectivity index (χ0) is 16.3. The number of rotatable bonds is 5. The maximum atomic E-state index is 11.6. The van der Waals surface area contributed by atoms with Gasteiger partial charge < -0.3 is 20.7 Å². The Kier molecular flexibility index (Phi) is 4.56. The van der Waals surface area contributed by atoms with Crippen LogP contribution in [0.2, 0.25) is 0 Å². The molecule has 0 fully saturated rings. The third-order valence-electron chi connectivity index (χ3n) is 3.60. The molecule has 0 aliphatic rings. The molecule has 5 nitrogen and oxygen atoms in total. The highest BCUT2D eigenvalue weighted by Crippen LogP contribution is 2.35. The zero-order valence-corrected chi connectivity index (χ0v) is 12.5. The highest BCUT2D eigenvalue weighted by atomic mass is 16.5. The standard InChI is InChI=1S/C17H19NO4/c1-10-3-5-12(6-4-10)13(17(20)21)7-11-8-14(18)16(19)15(9-11)22-2/h3-6,8-9,13,19H,7,18H2,1-2H3,(H,20,21). The minimum Gasteiger partial charge on any atom is -0.503 e. The number of carboxylic acid groups (broad SMARTS) is 1. The largest absolute Gasteiger partial charge is 0.503 e. The Morgan fingerprint density at radius 1 is 1.27 bits per heavy atom. The second-order valence-electron chi connectivity index (χ2n) is 5.24. The fraction of sp³-hybridized carbons (Fsp3) is 0.235. The van der Waals surface area contributed by atoms with Crippen LogP contribution in [0.15, 0.2) is 36.4 Å². The van der Waals surface area contributed by atoms with E-state index in [4.69, 9.17) is 10.5 Å². The molecule has 0 saturated carbocycles. The number of phenolic OH excluding ortho intramolecular Hbond substituents is 1. The van der Waals surface area contributed by atoms with E-state index in [2.05, 4.69) is 0 Å². The molecular weight excluding hydrogens is 282 g/mol. The second kappa shape index (κ2) is 6.39. The monoisotopic (exact) mass is 301 g/mol. The van der Waals surface area contributed by atoms with Crippen molar-refractivity contribution >= 4 is 11.7 Å². The number of nitrogen functional groups attached to an aromatic ring is 1. The van der Waals surface area contributed by atoms with Crippen LogP contribution in [0, 0.1) is 6.92 Å². The molecule has 0 aliphatic heterocycles. The Labute approximate surface area is 129 Å². The number of hydrogen-bond donors (Lipinski definition) is 3. The van der Waals surface area contributed by atoms with Crippen LogP contribution >= 0.6 is 0 Å². The number of ether oxygens (including phenoxy) is 1. The first-order valence-electron chi connectivity index (χ1n) is 6.87. The quantitative estimate of drug-likeness (QED) is 0.583. The van der Waals surface area contributed by atoms with Crippen molar-refractivity contribution in [3.05, 3.63) is 53.1 Å². The Morgan fingerprint density at radius 2 is 1.91 bits per heavy atom. The van der Waals surface area contributed by atoms with Crippen LogP contribution in [-0.2, 0) is 11.2 Å². The predicted molar refractivity (Wildman–Crippen MR) is 84.3 cm³/mol. The van der Waals surface area contributed by atoms with Crippen LogP contribution in [0.1, 0.15) is 22.6 Å². The van der Waals surface area contributed by atoms with Crippen LogP contribution in [0.4, 0.5) is 5.69 Å². The van der Waals surface area contributed by atoms with Crippen LogP contribution in [-0.4, -0.2) is 23.3 Å². The van der Waals surface area contributed by atoms with E-state index in [1.54, 1.807) is 12.1 Å². The third kappa shape index (κ3) is 3.31. The van der Waals surface area contributed by atoms with E-state index in [9.17, 15) is 15.0 Å². The van der Waals surface area contributed by atoms with Crippen LogP contribution in [0.3, 0.4) is 0 Å². The Balaban J connectivity index is 2.34. The van der Waals surface area contributed by atoms with Crippen molar-refractivity contribution in [2.24, 2.45) is 0 Å². The van der Waals surface area contributed by atoms with Crippen molar-refractivity contribution in [3.8, 4) is 11.5 Å². The smallest absolute Gasteiger partial charge is 0.311 e. The fourth-order valence-electron chi connectivity index (χ4n) is 2.34. The molecule has 116 valence electrons. The molecule has 2 rings (SSSR count). The number of aliphatic carboxylic acids is 1. The van der Waals surface area contributed by atoms with Gasteiger partial charge in [-0.25, -0.2) is 0 Å². The predicted octanol–water partition coefficient (Wildman–Crippen LogP) is 2.70. The Bertz CT molecular complexity index is 680. The van der Waals surface area contributed by atoms with Gasteiger partial charge in [-0.05, 0) is 36.6 Å². The van der Waals surface area contributed by atoms with E-state index in [1.807, 2.05) is 31.2 Å². The Hall–Kier alpha value is -2.69. The number of hydrogen-bond acceptors (Lipinski definition) is 4. The number of benzene rings is 2. The molecule has 1 atom stereocenters. The molecule has 0 radical (unpaired) electrons. The third-order valence-corrected chi connectivity index (χ3v) is 3.60. The summed E-state index contributed by atoms with van der Waals surface area (Å²) in [5.74, 6) is -1.49. The average molecular weight is 301 g/mol. The normalized spacial score (nSPS) is 11.9. The number of anilines is 1. The highest BCUT2D eigenvalue weighted by Gasteiger charge is 2.21. The van der Waals surface area contributed by atoms with Crippen LogP contribution < -0.4 is 10.5 Å². The molecule has 22 heavy (non-hydrogen) atoms. The first kappa shape index (κ1) is 15.7. The minimum absolute atomic E-state index is 0.131. The molecule has 5 heteroatoms. The summed E-state index contributed by atoms with van der Waals surface area (Å²) >= 11 is 0. The summed E-state index contributed by atoms with van der Waals surface area (Å²) in [4.78, 5) is 11.6. The van der Waals surface area contributed by atoms with E-state index >= 15 is 0 Å². The highest BCUT2D eigenvalue weighted by molar-refractivity contribution is 5.77. The van der Waals surface area contributed by atoms with Gasteiger partial charge in [0.25, 0.3) is 0 Å². The van der Waals surface area contributed by atoms with Gasteiger partial charge in [-0.2, -0.15) is 0 Å². The summed E-state index contributed by atoms with van der Waals surface area (Å²) in [6, 6.07) is 10.6. The van der Waals surface area contributed by atoms with E-state index in [0.29, 0.717) is 5.56 Å². The lowest BCUT2D eigenvalue weighted by Crippen LogP contribution is -2.14. The van der Waals surface area contributed by atoms with E-state index in [-0.39, 0.29) is 23.6 Å². The lowest BCUT2D eigenvalue weighted by atomic mass is 9.91. The number of carboxylic acids is 1. The SMILES string of the molecule is COc1cc(CC(C(=O)O)c2ccc(C)cc2)cc(N)c1O. The van der Waals surface area contributed by atoms with Crippen molar-refractivity contribution in [2.75, 3.05) is 12.8 Å². The first-order valence-corrected chi connectivity index (χ1v) is 6.87. The number of phenols is 1. The summed E-state index contributed by atoms with van der Waals surface area (Å²) in [6.45, 7) is 1.95. The van der Waals surface area contributed by atoms with Crippen LogP contribution in [0.25, 0.3) is 0 Å². The molecule has 0 aliphatic carbocycles. The van der Waals surface area contributed by atoms with E-state index < -0.39 is 11.9 Å². The summed E-state index contributed by atoms with van der Waals surface area (Å²) < 4.78 is 5.05. The van der Waals surface area contributed by atoms with Crippen molar-refractivity contribution in [2.45, 2.75) is 19.3 Å². The Morgan fingerprint density at radius 3 is 2.45 bits per heavy atom. The average Bonchev–Trinajstić information content (AvgIpc) is 2.49. The summed E-state index contributed by atoms with van der Waals surface area (Å²) in [7, 11) is 1.42. The number of aryl methyl sites for hydroxylation is 1. The lowest BCUT2D eigenvalue weighted by molar-refractivity contribution is -0.138. The molecule has 0 saturated heterocycles. The van der Waals surface area contributed by atoms with Gasteiger partial charge in [-0.3, -0.25) is 4.79 Å². The van der Waals surface area contributed by atoms with Crippen molar-refractivity contribution in [1.29, 1.82) is 0 Å². The topological polar surface area (TPSA) is 92.8 Å². The van der Waals surface area contributed by atoms with Gasteiger partial charge in [0.15, 0.2) is 11.5 Å². The molecule has 0 heterocycles. The van der Waals surface area contributed by atoms with Crippen molar-refractivity contribution in [1.82, 2.24) is 0 Å². The minimum atomic E-state index is -0.908. The summed E-state index contributed by atoms with van der Waals surface area (Å²) in [5, 5.41) is 19.2. The van der Waals surface area contributed by atoms with E-state index in [1.165, 1.54) is 7.11 Å². The number of carbonyl (C=O) groups is 1. The molecule has 0 aromatic heterocycles. The molecule has 0 bridgehead atoms. The molecule has 2 aromatic carbocycles. The zero-order valence-electron chi connectivity index (χ0n) is 12.5. The van der Waals surface area contributed by atoms with Gasteiger partial charge in [0.1, 0.15) is 0 Å². The van der Waals surface area contributed by atoms with Gasteiger partial charge in [0.2, 0.25) is 0 Å². The molecule has 1 unspecified atom stereocenters. The second-order valence-corrected chi connectivity index (χ2v) is 5.24. The summed E-state index contributed by atoms with van der Waals surface area (Å²) in [5.41, 5.74) is 8.39. The van der Waals surface area contributed by atoms with Gasteiger partial charge in [-0.15, -0.1) is 0 Å². The van der Waals surface area contributed by atoms with Crippen LogP contribution in [0.5, 0.6) is 11.5 Å². The molecule has 4 N–H and O–H groups in total. The van der Waals surface area contributed by atoms with Crippen molar-refractivity contribution in [3.63, 3.8) is 0 Å². The summed E-state index contributed by atoms with van der Waals surface area (Å²) in [6.07, 6.45) is 0.263. The fourth-order valence-corrected chi connectivity index (χ4v) is 2.34. The maximum Gasteiger partial charge on any atom is 0.311 e.